The number of carbonyl (C=O) groups excluding carboxylic acids is 1. The van der Waals surface area contributed by atoms with Gasteiger partial charge in [-0.05, 0) is 55.8 Å². The summed E-state index contributed by atoms with van der Waals surface area (Å²) in [6, 6.07) is 13.9. The summed E-state index contributed by atoms with van der Waals surface area (Å²) in [6.45, 7) is 3.37. The number of anilines is 1. The van der Waals surface area contributed by atoms with E-state index in [1.807, 2.05) is 0 Å². The summed E-state index contributed by atoms with van der Waals surface area (Å²) >= 11 is 6.02. The lowest BCUT2D eigenvalue weighted by atomic mass is 9.86. The molecule has 2 heterocycles. The van der Waals surface area contributed by atoms with E-state index in [1.54, 1.807) is 62.5 Å². The summed E-state index contributed by atoms with van der Waals surface area (Å²) in [7, 11) is 0. The van der Waals surface area contributed by atoms with Crippen molar-refractivity contribution in [2.75, 3.05) is 5.32 Å². The van der Waals surface area contributed by atoms with Crippen molar-refractivity contribution in [3.05, 3.63) is 93.8 Å². The van der Waals surface area contributed by atoms with Crippen LogP contribution in [0.1, 0.15) is 39.2 Å². The highest BCUT2D eigenvalue weighted by Gasteiger charge is 2.62. The van der Waals surface area contributed by atoms with Crippen molar-refractivity contribution in [1.29, 1.82) is 0 Å². The van der Waals surface area contributed by atoms with E-state index < -0.39 is 18.2 Å². The van der Waals surface area contributed by atoms with E-state index in [4.69, 9.17) is 16.4 Å². The maximum absolute atomic E-state index is 14.2. The number of carbonyl (C=O) groups is 1. The number of nitrogens with one attached hydrogen (secondary N) is 1. The number of nitrogens with zero attached hydrogens (tertiary/aromatic N) is 2. The number of aryl methyl sites for hydroxylation is 2. The molecule has 1 aliphatic rings. The van der Waals surface area contributed by atoms with Crippen LogP contribution in [0.25, 0.3) is 0 Å². The van der Waals surface area contributed by atoms with Crippen molar-refractivity contribution >= 4 is 28.9 Å². The van der Waals surface area contributed by atoms with Crippen molar-refractivity contribution in [2.45, 2.75) is 32.0 Å². The topological polar surface area (TPSA) is 63.6 Å². The van der Waals surface area contributed by atoms with Crippen LogP contribution >= 0.6 is 11.6 Å². The van der Waals surface area contributed by atoms with Crippen LogP contribution in [0.2, 0.25) is 5.02 Å². The van der Waals surface area contributed by atoms with Crippen molar-refractivity contribution in [3.8, 4) is 0 Å². The maximum atomic E-state index is 14.2. The lowest BCUT2D eigenvalue weighted by molar-refractivity contribution is -0.275. The zero-order chi connectivity index (χ0) is 23.8. The van der Waals surface area contributed by atoms with E-state index in [1.165, 1.54) is 12.1 Å². The molecule has 0 bridgehead atoms. The van der Waals surface area contributed by atoms with Gasteiger partial charge in [-0.2, -0.15) is 13.2 Å². The number of rotatable bonds is 4. The van der Waals surface area contributed by atoms with Gasteiger partial charge >= 0.3 is 6.18 Å². The molecule has 33 heavy (non-hydrogen) atoms. The Morgan fingerprint density at radius 3 is 2.61 bits per heavy atom. The first-order valence-electron chi connectivity index (χ1n) is 10.0. The zero-order valence-corrected chi connectivity index (χ0v) is 18.5. The zero-order valence-electron chi connectivity index (χ0n) is 17.7. The Hall–Kier alpha value is -3.39. The van der Waals surface area contributed by atoms with Gasteiger partial charge in [-0.15, -0.1) is 0 Å². The molecule has 1 aliphatic heterocycles. The van der Waals surface area contributed by atoms with Gasteiger partial charge < -0.3 is 10.2 Å². The van der Waals surface area contributed by atoms with E-state index in [0.717, 1.165) is 0 Å². The fourth-order valence-corrected chi connectivity index (χ4v) is 4.02. The van der Waals surface area contributed by atoms with Crippen molar-refractivity contribution in [1.82, 2.24) is 4.98 Å². The summed E-state index contributed by atoms with van der Waals surface area (Å²) in [4.78, 5) is 21.8. The molecule has 2 aromatic carbocycles. The first-order chi connectivity index (χ1) is 15.6. The summed E-state index contributed by atoms with van der Waals surface area (Å²) in [5, 5.41) is 6.71. The van der Waals surface area contributed by atoms with Gasteiger partial charge in [0.25, 0.3) is 11.5 Å². The van der Waals surface area contributed by atoms with Gasteiger partial charge in [0.1, 0.15) is 0 Å². The molecule has 0 fully saturated rings. The molecule has 170 valence electrons. The first kappa shape index (κ1) is 22.8. The fourth-order valence-electron chi connectivity index (χ4n) is 3.73. The van der Waals surface area contributed by atoms with Crippen LogP contribution in [0.5, 0.6) is 0 Å². The minimum Gasteiger partial charge on any atom is -0.374 e. The molecule has 1 unspecified atom stereocenters. The monoisotopic (exact) mass is 473 g/mol. The van der Waals surface area contributed by atoms with Gasteiger partial charge in [-0.3, -0.25) is 9.78 Å². The molecule has 0 aliphatic carbocycles. The Kier molecular flexibility index (Phi) is 5.88. The predicted molar refractivity (Wildman–Crippen MR) is 120 cm³/mol. The van der Waals surface area contributed by atoms with Gasteiger partial charge in [0.05, 0.1) is 11.3 Å². The van der Waals surface area contributed by atoms with Gasteiger partial charge in [-0.1, -0.05) is 35.0 Å². The Morgan fingerprint density at radius 1 is 1.12 bits per heavy atom. The summed E-state index contributed by atoms with van der Waals surface area (Å²) in [6.07, 6.45) is -3.69. The van der Waals surface area contributed by atoms with Crippen LogP contribution in [-0.2, 0) is 10.4 Å². The largest absolute Gasteiger partial charge is 0.435 e. The van der Waals surface area contributed by atoms with Crippen LogP contribution in [0.4, 0.5) is 18.9 Å². The van der Waals surface area contributed by atoms with Gasteiger partial charge in [0.15, 0.2) is 0 Å². The highest BCUT2D eigenvalue weighted by atomic mass is 35.5. The average Bonchev–Trinajstić information content (AvgIpc) is 3.21. The second kappa shape index (κ2) is 8.51. The fraction of sp³-hybridized carbons (Fsp3) is 0.208. The third-order valence-electron chi connectivity index (χ3n) is 5.40. The van der Waals surface area contributed by atoms with E-state index in [-0.39, 0.29) is 22.2 Å². The molecular weight excluding hydrogens is 455 g/mol. The molecule has 3 aromatic rings. The lowest BCUT2D eigenvalue weighted by Crippen LogP contribution is -2.42. The highest BCUT2D eigenvalue weighted by molar-refractivity contribution is 6.30. The third kappa shape index (κ3) is 4.43. The number of pyridine rings is 1. The summed E-state index contributed by atoms with van der Waals surface area (Å²) in [5.41, 5.74) is -0.303. The number of amides is 1. The van der Waals surface area contributed by atoms with E-state index in [2.05, 4.69) is 15.5 Å². The molecule has 1 atom stereocenters. The van der Waals surface area contributed by atoms with Crippen molar-refractivity contribution < 1.29 is 22.8 Å². The number of halogens is 4. The van der Waals surface area contributed by atoms with E-state index >= 15 is 0 Å². The number of hydrogen-bond donors (Lipinski definition) is 1. The molecule has 0 saturated heterocycles. The molecule has 1 amide bonds. The van der Waals surface area contributed by atoms with E-state index in [9.17, 15) is 18.0 Å². The number of aromatic nitrogens is 1. The van der Waals surface area contributed by atoms with Crippen LogP contribution in [0, 0.1) is 13.8 Å². The second-order valence-electron chi connectivity index (χ2n) is 7.82. The number of alkyl halides is 3. The molecule has 4 rings (SSSR count). The van der Waals surface area contributed by atoms with Crippen LogP contribution in [0.15, 0.2) is 65.9 Å². The minimum atomic E-state index is -4.74. The first-order valence-corrected chi connectivity index (χ1v) is 10.4. The molecule has 1 aromatic heterocycles. The normalized spacial score (nSPS) is 17.9. The Labute approximate surface area is 193 Å². The second-order valence-corrected chi connectivity index (χ2v) is 8.26. The quantitative estimate of drug-likeness (QED) is 0.491. The van der Waals surface area contributed by atoms with Crippen LogP contribution < -0.4 is 5.32 Å². The molecule has 0 radical (unpaired) electrons. The van der Waals surface area contributed by atoms with Crippen LogP contribution in [-0.4, -0.2) is 22.8 Å². The molecule has 0 spiro atoms. The van der Waals surface area contributed by atoms with Crippen molar-refractivity contribution in [3.63, 3.8) is 0 Å². The van der Waals surface area contributed by atoms with Gasteiger partial charge in [-0.25, -0.2) is 0 Å². The summed E-state index contributed by atoms with van der Waals surface area (Å²) in [5.74, 6) is -0.374. The predicted octanol–water partition coefficient (Wildman–Crippen LogP) is 6.19. The number of oxime groups is 1. The maximum Gasteiger partial charge on any atom is 0.435 e. The van der Waals surface area contributed by atoms with Gasteiger partial charge in [0.2, 0.25) is 0 Å². The SMILES string of the molecule is Cc1cc(Cl)cc(C2(C(F)(F)F)CC(c3cccc(NC(=O)c4cccnc4C)c3)=NO2)c1. The van der Waals surface area contributed by atoms with Crippen LogP contribution in [0.3, 0.4) is 0 Å². The minimum absolute atomic E-state index is 0.110. The van der Waals surface area contributed by atoms with E-state index in [0.29, 0.717) is 28.1 Å². The number of benzene rings is 2. The van der Waals surface area contributed by atoms with Gasteiger partial charge in [0, 0.05) is 40.1 Å². The smallest absolute Gasteiger partial charge is 0.374 e. The Morgan fingerprint density at radius 2 is 1.91 bits per heavy atom. The Balaban J connectivity index is 1.62. The third-order valence-corrected chi connectivity index (χ3v) is 5.62. The molecule has 0 saturated carbocycles. The number of hydrogen-bond acceptors (Lipinski definition) is 4. The standard InChI is InChI=1S/C24H19ClF3N3O2/c1-14-9-17(12-18(25)10-14)23(24(26,27)28)13-21(31-33-23)16-5-3-6-19(11-16)30-22(32)20-7-4-8-29-15(20)2/h3-12H,13H2,1-2H3,(H,30,32). The molecule has 5 nitrogen and oxygen atoms in total. The Bertz CT molecular complexity index is 1240. The lowest BCUT2D eigenvalue weighted by Gasteiger charge is -2.29. The van der Waals surface area contributed by atoms with Crippen molar-refractivity contribution in [2.24, 2.45) is 5.16 Å². The molecule has 9 heteroatoms. The average molecular weight is 474 g/mol. The molecule has 1 N–H and O–H groups in total. The highest BCUT2D eigenvalue weighted by Crippen LogP contribution is 2.49. The summed E-state index contributed by atoms with van der Waals surface area (Å²) < 4.78 is 42.7. The molecular formula is C24H19ClF3N3O2.